The van der Waals surface area contributed by atoms with E-state index in [1.807, 2.05) is 6.92 Å². The Morgan fingerprint density at radius 3 is 2.59 bits per heavy atom. The molecule has 0 spiro atoms. The largest absolute Gasteiger partial charge is 0.246 e. The van der Waals surface area contributed by atoms with Crippen LogP contribution in [0, 0.1) is 17.6 Å². The van der Waals surface area contributed by atoms with Gasteiger partial charge in [-0.05, 0) is 26.1 Å². The van der Waals surface area contributed by atoms with Crippen molar-refractivity contribution in [1.29, 1.82) is 0 Å². The summed E-state index contributed by atoms with van der Waals surface area (Å²) in [5.74, 6) is -1.41. The zero-order valence-electron chi connectivity index (χ0n) is 10.2. The van der Waals surface area contributed by atoms with Crippen molar-refractivity contribution >= 4 is 13.2 Å². The lowest BCUT2D eigenvalue weighted by molar-refractivity contribution is 0.513. The Hall–Kier alpha value is -0.560. The van der Waals surface area contributed by atoms with Gasteiger partial charge in [0.05, 0.1) is 0 Å². The van der Waals surface area contributed by atoms with Crippen LogP contribution in [0.2, 0.25) is 0 Å². The third-order valence-electron chi connectivity index (χ3n) is 2.73. The molecule has 0 aliphatic heterocycles. The average molecular weight is 262 g/mol. The minimum Gasteiger partial charge on any atom is -0.246 e. The Balaban J connectivity index is 2.82. The van der Waals surface area contributed by atoms with E-state index in [0.717, 1.165) is 18.9 Å². The van der Waals surface area contributed by atoms with E-state index < -0.39 is 26.0 Å². The highest BCUT2D eigenvalue weighted by molar-refractivity contribution is 7.65. The molecule has 0 bridgehead atoms. The van der Waals surface area contributed by atoms with E-state index in [9.17, 15) is 13.2 Å². The van der Waals surface area contributed by atoms with E-state index >= 15 is 0 Å². The summed E-state index contributed by atoms with van der Waals surface area (Å²) in [6, 6.07) is 4.02. The molecule has 0 saturated heterocycles. The molecule has 1 rings (SSSR count). The van der Waals surface area contributed by atoms with Crippen molar-refractivity contribution < 1.29 is 13.2 Å². The van der Waals surface area contributed by atoms with Crippen LogP contribution in [0.3, 0.4) is 0 Å². The van der Waals surface area contributed by atoms with Crippen LogP contribution in [0.4, 0.5) is 13.2 Å². The van der Waals surface area contributed by atoms with E-state index in [1.165, 1.54) is 12.1 Å². The Morgan fingerprint density at radius 2 is 2.00 bits per heavy atom. The third kappa shape index (κ3) is 3.99. The van der Waals surface area contributed by atoms with Gasteiger partial charge in [0, 0.05) is 5.30 Å². The molecule has 96 valence electrons. The number of benzene rings is 1. The highest BCUT2D eigenvalue weighted by Crippen LogP contribution is 2.38. The van der Waals surface area contributed by atoms with Gasteiger partial charge in [-0.2, -0.15) is 0 Å². The van der Waals surface area contributed by atoms with E-state index in [1.54, 1.807) is 0 Å². The van der Waals surface area contributed by atoms with Crippen LogP contribution in [0.15, 0.2) is 18.2 Å². The predicted octanol–water partition coefficient (Wildman–Crippen LogP) is 4.44. The van der Waals surface area contributed by atoms with E-state index in [2.05, 4.69) is 6.92 Å². The van der Waals surface area contributed by atoms with Gasteiger partial charge in [-0.3, -0.25) is 0 Å². The highest BCUT2D eigenvalue weighted by atomic mass is 31.1. The number of hydrogen-bond donors (Lipinski definition) is 0. The Kier molecular flexibility index (Phi) is 5.97. The SMILES string of the molecule is CCCC(C)CP(CF)c1cccc(F)c1F. The summed E-state index contributed by atoms with van der Waals surface area (Å²) in [6.45, 7) is 4.10. The molecule has 1 aromatic rings. The Labute approximate surface area is 102 Å². The molecule has 0 amide bonds. The summed E-state index contributed by atoms with van der Waals surface area (Å²) >= 11 is 0. The first-order valence-electron chi connectivity index (χ1n) is 5.85. The number of hydrogen-bond acceptors (Lipinski definition) is 0. The lowest BCUT2D eigenvalue weighted by atomic mass is 10.1. The van der Waals surface area contributed by atoms with Gasteiger partial charge in [0.25, 0.3) is 0 Å². The van der Waals surface area contributed by atoms with Crippen LogP contribution in [0.25, 0.3) is 0 Å². The van der Waals surface area contributed by atoms with E-state index in [4.69, 9.17) is 0 Å². The van der Waals surface area contributed by atoms with Crippen molar-refractivity contribution in [2.75, 3.05) is 12.6 Å². The van der Waals surface area contributed by atoms with Gasteiger partial charge >= 0.3 is 0 Å². The topological polar surface area (TPSA) is 0 Å². The lowest BCUT2D eigenvalue weighted by Gasteiger charge is -2.19. The second kappa shape index (κ2) is 7.00. The zero-order chi connectivity index (χ0) is 12.8. The molecule has 0 fully saturated rings. The Bertz CT molecular complexity index is 355. The van der Waals surface area contributed by atoms with Crippen molar-refractivity contribution in [2.24, 2.45) is 5.92 Å². The van der Waals surface area contributed by atoms with Gasteiger partial charge in [-0.15, -0.1) is 0 Å². The molecule has 0 aromatic heterocycles. The minimum atomic E-state index is -1.22. The van der Waals surface area contributed by atoms with Crippen LogP contribution < -0.4 is 5.30 Å². The van der Waals surface area contributed by atoms with Crippen LogP contribution in [-0.4, -0.2) is 12.6 Å². The molecule has 0 aliphatic rings. The first-order valence-corrected chi connectivity index (χ1v) is 7.56. The zero-order valence-corrected chi connectivity index (χ0v) is 11.1. The second-order valence-electron chi connectivity index (χ2n) is 4.31. The van der Waals surface area contributed by atoms with Gasteiger partial charge in [-0.1, -0.05) is 38.8 Å². The smallest absolute Gasteiger partial charge is 0.166 e. The molecule has 0 aliphatic carbocycles. The van der Waals surface area contributed by atoms with Gasteiger partial charge in [0.1, 0.15) is 6.42 Å². The molecule has 17 heavy (non-hydrogen) atoms. The molecule has 0 N–H and O–H groups in total. The van der Waals surface area contributed by atoms with Crippen LogP contribution in [-0.2, 0) is 0 Å². The van der Waals surface area contributed by atoms with Gasteiger partial charge in [0.15, 0.2) is 11.6 Å². The summed E-state index contributed by atoms with van der Waals surface area (Å²) in [7, 11) is -1.22. The molecule has 2 unspecified atom stereocenters. The first-order chi connectivity index (χ1) is 8.10. The van der Waals surface area contributed by atoms with E-state index in [0.29, 0.717) is 12.1 Å². The first kappa shape index (κ1) is 14.5. The lowest BCUT2D eigenvalue weighted by Crippen LogP contribution is -2.14. The van der Waals surface area contributed by atoms with Crippen LogP contribution >= 0.6 is 7.92 Å². The summed E-state index contributed by atoms with van der Waals surface area (Å²) in [4.78, 5) is 0. The fourth-order valence-electron chi connectivity index (χ4n) is 1.91. The summed E-state index contributed by atoms with van der Waals surface area (Å²) < 4.78 is 39.6. The maximum absolute atomic E-state index is 13.5. The molecular formula is C13H18F3P. The molecule has 4 heteroatoms. The van der Waals surface area contributed by atoms with Crippen molar-refractivity contribution in [3.8, 4) is 0 Å². The normalized spacial score (nSPS) is 14.6. The fourth-order valence-corrected chi connectivity index (χ4v) is 3.95. The molecule has 0 saturated carbocycles. The maximum Gasteiger partial charge on any atom is 0.166 e. The Morgan fingerprint density at radius 1 is 1.29 bits per heavy atom. The molecule has 0 heterocycles. The van der Waals surface area contributed by atoms with Crippen molar-refractivity contribution in [2.45, 2.75) is 26.7 Å². The van der Waals surface area contributed by atoms with Crippen molar-refractivity contribution in [3.63, 3.8) is 0 Å². The average Bonchev–Trinajstić information content (AvgIpc) is 2.30. The highest BCUT2D eigenvalue weighted by Gasteiger charge is 2.19. The monoisotopic (exact) mass is 262 g/mol. The fraction of sp³-hybridized carbons (Fsp3) is 0.538. The van der Waals surface area contributed by atoms with Crippen LogP contribution in [0.1, 0.15) is 26.7 Å². The minimum absolute atomic E-state index is 0.227. The number of rotatable bonds is 6. The third-order valence-corrected chi connectivity index (χ3v) is 5.11. The van der Waals surface area contributed by atoms with Gasteiger partial charge < -0.3 is 0 Å². The summed E-state index contributed by atoms with van der Waals surface area (Å²) in [5.41, 5.74) is 0. The molecule has 0 radical (unpaired) electrons. The number of halogens is 3. The van der Waals surface area contributed by atoms with Crippen LogP contribution in [0.5, 0.6) is 0 Å². The summed E-state index contributed by atoms with van der Waals surface area (Å²) in [6.07, 6.45) is 2.07. The van der Waals surface area contributed by atoms with Gasteiger partial charge in [0.2, 0.25) is 0 Å². The van der Waals surface area contributed by atoms with Crippen molar-refractivity contribution in [1.82, 2.24) is 0 Å². The molecule has 2 atom stereocenters. The molecule has 1 aromatic carbocycles. The van der Waals surface area contributed by atoms with Crippen molar-refractivity contribution in [3.05, 3.63) is 29.8 Å². The van der Waals surface area contributed by atoms with Gasteiger partial charge in [-0.25, -0.2) is 13.2 Å². The number of alkyl halides is 1. The maximum atomic E-state index is 13.5. The molecule has 0 nitrogen and oxygen atoms in total. The summed E-state index contributed by atoms with van der Waals surface area (Å²) in [5, 5.41) is 0.227. The standard InChI is InChI=1S/C13H18F3P/c1-3-5-10(2)8-17(9-14)12-7-4-6-11(15)13(12)16/h4,6-7,10H,3,5,8-9H2,1-2H3. The quantitative estimate of drug-likeness (QED) is 0.665. The second-order valence-corrected chi connectivity index (χ2v) is 6.47. The predicted molar refractivity (Wildman–Crippen MR) is 67.8 cm³/mol. The molecular weight excluding hydrogens is 244 g/mol. The van der Waals surface area contributed by atoms with E-state index in [-0.39, 0.29) is 5.30 Å².